The molecule has 156 valence electrons. The number of nitrogens with zero attached hydrogens (tertiary/aromatic N) is 2. The summed E-state index contributed by atoms with van der Waals surface area (Å²) in [4.78, 5) is 66.6. The second-order valence-electron chi connectivity index (χ2n) is 8.65. The van der Waals surface area contributed by atoms with Crippen LogP contribution in [0.25, 0.3) is 0 Å². The van der Waals surface area contributed by atoms with Crippen LogP contribution < -0.4 is 16.0 Å². The topological polar surface area (TPSA) is 128 Å². The van der Waals surface area contributed by atoms with E-state index in [0.717, 1.165) is 0 Å². The molecule has 5 rings (SSSR count). The third-order valence-electron chi connectivity index (χ3n) is 7.34. The number of amides is 7. The Morgan fingerprint density at radius 2 is 1.37 bits per heavy atom. The summed E-state index contributed by atoms with van der Waals surface area (Å²) in [6, 6.07) is 5.60. The van der Waals surface area contributed by atoms with Crippen LogP contribution in [0.2, 0.25) is 0 Å². The van der Waals surface area contributed by atoms with Crippen LogP contribution >= 0.6 is 0 Å². The highest BCUT2D eigenvalue weighted by Gasteiger charge is 2.81. The second-order valence-corrected chi connectivity index (χ2v) is 8.65. The fourth-order valence-corrected chi connectivity index (χ4v) is 5.58. The maximum atomic E-state index is 12.8. The summed E-state index contributed by atoms with van der Waals surface area (Å²) in [5, 5.41) is 7.59. The van der Waals surface area contributed by atoms with Gasteiger partial charge in [-0.25, -0.2) is 9.59 Å². The zero-order valence-corrected chi connectivity index (χ0v) is 16.5. The standard InChI is InChI=1S/C20H21N5O5/c1-19-12-13-20(19,2)16(28)23-18(30)25(13)9-11(8-24(12)17(29)22-15(19)27)21-14(26)10-6-4-3-5-7-10/h3-7,11-13H,8-9H2,1-2H3,(H,21,26)(H,22,27,29)(H,23,28,30). The Morgan fingerprint density at radius 3 is 1.83 bits per heavy atom. The molecule has 4 atom stereocenters. The number of benzene rings is 1. The lowest BCUT2D eigenvalue weighted by molar-refractivity contribution is -0.209. The molecule has 1 aromatic rings. The summed E-state index contributed by atoms with van der Waals surface area (Å²) in [7, 11) is 0. The summed E-state index contributed by atoms with van der Waals surface area (Å²) in [5.74, 6) is -1.38. The first-order valence-electron chi connectivity index (χ1n) is 9.79. The Labute approximate surface area is 171 Å². The van der Waals surface area contributed by atoms with Crippen LogP contribution in [0.1, 0.15) is 24.2 Å². The molecule has 3 aliphatic heterocycles. The third-order valence-corrected chi connectivity index (χ3v) is 7.34. The van der Waals surface area contributed by atoms with Gasteiger partial charge in [0, 0.05) is 18.7 Å². The number of carbonyl (C=O) groups excluding carboxylic acids is 5. The van der Waals surface area contributed by atoms with Gasteiger partial charge in [0.2, 0.25) is 11.8 Å². The Hall–Kier alpha value is -3.43. The quantitative estimate of drug-likeness (QED) is 0.614. The van der Waals surface area contributed by atoms with Crippen molar-refractivity contribution in [3.8, 4) is 0 Å². The van der Waals surface area contributed by atoms with Gasteiger partial charge in [-0.3, -0.25) is 25.0 Å². The fourth-order valence-electron chi connectivity index (χ4n) is 5.58. The smallest absolute Gasteiger partial charge is 0.324 e. The highest BCUT2D eigenvalue weighted by molar-refractivity contribution is 6.11. The van der Waals surface area contributed by atoms with Crippen molar-refractivity contribution in [1.29, 1.82) is 0 Å². The van der Waals surface area contributed by atoms with Gasteiger partial charge in [0.05, 0.1) is 29.0 Å². The zero-order chi connectivity index (χ0) is 21.4. The van der Waals surface area contributed by atoms with Gasteiger partial charge in [0.1, 0.15) is 0 Å². The Kier molecular flexibility index (Phi) is 3.60. The van der Waals surface area contributed by atoms with Gasteiger partial charge in [-0.2, -0.15) is 0 Å². The molecule has 7 amide bonds. The highest BCUT2D eigenvalue weighted by Crippen LogP contribution is 2.63. The lowest BCUT2D eigenvalue weighted by Crippen LogP contribution is -2.90. The number of carbonyl (C=O) groups is 5. The molecule has 10 heteroatoms. The molecule has 3 N–H and O–H groups in total. The molecule has 0 aromatic heterocycles. The van der Waals surface area contributed by atoms with Crippen molar-refractivity contribution < 1.29 is 24.0 Å². The van der Waals surface area contributed by atoms with E-state index in [1.807, 2.05) is 0 Å². The second kappa shape index (κ2) is 5.80. The molecule has 0 radical (unpaired) electrons. The van der Waals surface area contributed by atoms with Gasteiger partial charge in [-0.1, -0.05) is 18.2 Å². The van der Waals surface area contributed by atoms with E-state index in [2.05, 4.69) is 16.0 Å². The maximum absolute atomic E-state index is 12.8. The predicted molar refractivity (Wildman–Crippen MR) is 102 cm³/mol. The number of urea groups is 2. The minimum absolute atomic E-state index is 0.114. The minimum atomic E-state index is -1.19. The number of imide groups is 2. The summed E-state index contributed by atoms with van der Waals surface area (Å²) >= 11 is 0. The first-order valence-corrected chi connectivity index (χ1v) is 9.79. The highest BCUT2D eigenvalue weighted by atomic mass is 16.2. The van der Waals surface area contributed by atoms with Crippen LogP contribution in [-0.4, -0.2) is 70.8 Å². The predicted octanol–water partition coefficient (Wildman–Crippen LogP) is -0.334. The van der Waals surface area contributed by atoms with E-state index in [-0.39, 0.29) is 19.0 Å². The number of fused-ring (bicyclic) bond motifs is 1. The first-order chi connectivity index (χ1) is 14.2. The molecule has 3 saturated heterocycles. The monoisotopic (exact) mass is 411 g/mol. The Balaban J connectivity index is 1.53. The molecule has 10 nitrogen and oxygen atoms in total. The first kappa shape index (κ1) is 18.6. The van der Waals surface area contributed by atoms with Crippen molar-refractivity contribution in [3.05, 3.63) is 35.9 Å². The molecular weight excluding hydrogens is 390 g/mol. The fraction of sp³-hybridized carbons (Fsp3) is 0.450. The number of rotatable bonds is 2. The molecule has 4 fully saturated rings. The summed E-state index contributed by atoms with van der Waals surface area (Å²) < 4.78 is 0. The Morgan fingerprint density at radius 1 is 0.900 bits per heavy atom. The molecule has 1 aliphatic carbocycles. The van der Waals surface area contributed by atoms with E-state index < -0.39 is 52.8 Å². The maximum Gasteiger partial charge on any atom is 0.324 e. The molecule has 0 bridgehead atoms. The van der Waals surface area contributed by atoms with Gasteiger partial charge in [0.25, 0.3) is 5.91 Å². The van der Waals surface area contributed by atoms with Crippen LogP contribution in [0.5, 0.6) is 0 Å². The lowest BCUT2D eigenvalue weighted by atomic mass is 9.42. The number of nitrogens with one attached hydrogen (secondary N) is 3. The van der Waals surface area contributed by atoms with Crippen molar-refractivity contribution in [3.63, 3.8) is 0 Å². The van der Waals surface area contributed by atoms with Crippen molar-refractivity contribution in [2.75, 3.05) is 13.1 Å². The van der Waals surface area contributed by atoms with Gasteiger partial charge >= 0.3 is 12.1 Å². The van der Waals surface area contributed by atoms with E-state index in [0.29, 0.717) is 5.56 Å². The average Bonchev–Trinajstić information content (AvgIpc) is 2.89. The van der Waals surface area contributed by atoms with E-state index in [1.54, 1.807) is 44.2 Å². The third kappa shape index (κ3) is 2.05. The SMILES string of the molecule is CC12C(=O)NC(=O)N3CC(NC(=O)c4ccccc4)CN4C(=O)NC(=O)C1(C)C4C32. The van der Waals surface area contributed by atoms with Crippen LogP contribution in [0.15, 0.2) is 30.3 Å². The summed E-state index contributed by atoms with van der Waals surface area (Å²) in [6.07, 6.45) is 0. The van der Waals surface area contributed by atoms with Crippen molar-refractivity contribution in [2.24, 2.45) is 10.8 Å². The van der Waals surface area contributed by atoms with Gasteiger partial charge in [0.15, 0.2) is 0 Å². The number of hydrogen-bond acceptors (Lipinski definition) is 5. The average molecular weight is 411 g/mol. The summed E-state index contributed by atoms with van der Waals surface area (Å²) in [5.41, 5.74) is -1.92. The van der Waals surface area contributed by atoms with Crippen LogP contribution in [0.4, 0.5) is 9.59 Å². The zero-order valence-electron chi connectivity index (χ0n) is 16.5. The lowest BCUT2D eigenvalue weighted by Gasteiger charge is -2.70. The van der Waals surface area contributed by atoms with E-state index in [9.17, 15) is 24.0 Å². The van der Waals surface area contributed by atoms with E-state index >= 15 is 0 Å². The van der Waals surface area contributed by atoms with E-state index in [1.165, 1.54) is 9.80 Å². The molecule has 0 spiro atoms. The van der Waals surface area contributed by atoms with Gasteiger partial charge < -0.3 is 15.1 Å². The van der Waals surface area contributed by atoms with Crippen molar-refractivity contribution in [1.82, 2.24) is 25.8 Å². The van der Waals surface area contributed by atoms with Crippen LogP contribution in [-0.2, 0) is 9.59 Å². The molecule has 1 aromatic carbocycles. The normalized spacial score (nSPS) is 36.8. The molecule has 4 unspecified atom stereocenters. The summed E-state index contributed by atoms with van der Waals surface area (Å²) in [6.45, 7) is 3.53. The van der Waals surface area contributed by atoms with Crippen LogP contribution in [0, 0.1) is 10.8 Å². The Bertz CT molecular complexity index is 958. The molecule has 3 heterocycles. The molecule has 4 aliphatic rings. The van der Waals surface area contributed by atoms with E-state index in [4.69, 9.17) is 0 Å². The van der Waals surface area contributed by atoms with Crippen molar-refractivity contribution >= 4 is 29.8 Å². The van der Waals surface area contributed by atoms with Gasteiger partial charge in [-0.15, -0.1) is 0 Å². The van der Waals surface area contributed by atoms with Gasteiger partial charge in [-0.05, 0) is 26.0 Å². The largest absolute Gasteiger partial charge is 0.346 e. The molecule has 1 saturated carbocycles. The van der Waals surface area contributed by atoms with Crippen molar-refractivity contribution in [2.45, 2.75) is 32.0 Å². The number of hydrogen-bond donors (Lipinski definition) is 3. The van der Waals surface area contributed by atoms with Crippen LogP contribution in [0.3, 0.4) is 0 Å². The molecular formula is C20H21N5O5. The minimum Gasteiger partial charge on any atom is -0.346 e. The molecule has 30 heavy (non-hydrogen) atoms.